The van der Waals surface area contributed by atoms with Crippen LogP contribution in [0.4, 0.5) is 5.69 Å². The van der Waals surface area contributed by atoms with Gasteiger partial charge in [0.05, 0.1) is 12.0 Å². The summed E-state index contributed by atoms with van der Waals surface area (Å²) in [5.41, 5.74) is 2.50. The molecule has 5 heteroatoms. The van der Waals surface area contributed by atoms with Crippen molar-refractivity contribution in [3.05, 3.63) is 59.9 Å². The summed E-state index contributed by atoms with van der Waals surface area (Å²) in [6.45, 7) is 0.885. The minimum absolute atomic E-state index is 0.0758. The maximum Gasteiger partial charge on any atom is 0.252 e. The number of hydrogen-bond acceptors (Lipinski definition) is 3. The van der Waals surface area contributed by atoms with Crippen LogP contribution in [0.25, 0.3) is 0 Å². The van der Waals surface area contributed by atoms with E-state index in [2.05, 4.69) is 10.3 Å². The zero-order valence-corrected chi connectivity index (χ0v) is 11.5. The number of pyridine rings is 1. The Balaban J connectivity index is 1.59. The maximum absolute atomic E-state index is 12.0. The van der Waals surface area contributed by atoms with Gasteiger partial charge < -0.3 is 10.2 Å². The van der Waals surface area contributed by atoms with Crippen molar-refractivity contribution in [1.82, 2.24) is 10.3 Å². The molecule has 5 nitrogen and oxygen atoms in total. The van der Waals surface area contributed by atoms with Gasteiger partial charge in [-0.05, 0) is 23.8 Å². The fourth-order valence-electron chi connectivity index (χ4n) is 2.44. The van der Waals surface area contributed by atoms with E-state index in [0.717, 1.165) is 11.3 Å². The van der Waals surface area contributed by atoms with Gasteiger partial charge in [-0.1, -0.05) is 18.2 Å². The lowest BCUT2D eigenvalue weighted by atomic mass is 10.2. The second-order valence-electron chi connectivity index (χ2n) is 4.85. The molecule has 2 heterocycles. The van der Waals surface area contributed by atoms with Crippen LogP contribution >= 0.6 is 0 Å². The van der Waals surface area contributed by atoms with E-state index in [0.29, 0.717) is 25.1 Å². The zero-order valence-electron chi connectivity index (χ0n) is 11.5. The van der Waals surface area contributed by atoms with Crippen molar-refractivity contribution < 1.29 is 9.59 Å². The number of aromatic nitrogens is 1. The Hall–Kier alpha value is -2.69. The SMILES string of the molecule is O=C(NCCN1C(=O)Cc2ccccc21)c1cccnc1. The lowest BCUT2D eigenvalue weighted by Crippen LogP contribution is -2.36. The monoisotopic (exact) mass is 281 g/mol. The third-order valence-electron chi connectivity index (χ3n) is 3.47. The molecule has 21 heavy (non-hydrogen) atoms. The summed E-state index contributed by atoms with van der Waals surface area (Å²) in [4.78, 5) is 29.5. The number of para-hydroxylation sites is 1. The molecular weight excluding hydrogens is 266 g/mol. The van der Waals surface area contributed by atoms with Crippen molar-refractivity contribution in [2.45, 2.75) is 6.42 Å². The highest BCUT2D eigenvalue weighted by atomic mass is 16.2. The molecule has 0 saturated heterocycles. The number of hydrogen-bond donors (Lipinski definition) is 1. The first-order valence-corrected chi connectivity index (χ1v) is 6.82. The van der Waals surface area contributed by atoms with Crippen molar-refractivity contribution in [2.75, 3.05) is 18.0 Å². The number of anilines is 1. The second kappa shape index (κ2) is 5.75. The molecule has 1 aromatic carbocycles. The number of nitrogens with zero attached hydrogens (tertiary/aromatic N) is 2. The zero-order chi connectivity index (χ0) is 14.7. The van der Waals surface area contributed by atoms with Crippen LogP contribution in [-0.2, 0) is 11.2 Å². The number of carbonyl (C=O) groups excluding carboxylic acids is 2. The smallest absolute Gasteiger partial charge is 0.252 e. The highest BCUT2D eigenvalue weighted by Crippen LogP contribution is 2.27. The molecule has 106 valence electrons. The highest BCUT2D eigenvalue weighted by Gasteiger charge is 2.26. The lowest BCUT2D eigenvalue weighted by Gasteiger charge is -2.17. The van der Waals surface area contributed by atoms with Gasteiger partial charge in [0.1, 0.15) is 0 Å². The van der Waals surface area contributed by atoms with Gasteiger partial charge in [0, 0.05) is 31.2 Å². The molecule has 2 amide bonds. The van der Waals surface area contributed by atoms with Crippen LogP contribution in [0.5, 0.6) is 0 Å². The highest BCUT2D eigenvalue weighted by molar-refractivity contribution is 6.01. The van der Waals surface area contributed by atoms with Gasteiger partial charge in [0.25, 0.3) is 5.91 Å². The number of benzene rings is 1. The van der Waals surface area contributed by atoms with E-state index < -0.39 is 0 Å². The molecule has 3 rings (SSSR count). The van der Waals surface area contributed by atoms with Crippen LogP contribution < -0.4 is 10.2 Å². The van der Waals surface area contributed by atoms with E-state index >= 15 is 0 Å². The summed E-state index contributed by atoms with van der Waals surface area (Å²) < 4.78 is 0. The average molecular weight is 281 g/mol. The first-order chi connectivity index (χ1) is 10.3. The van der Waals surface area contributed by atoms with Gasteiger partial charge in [-0.3, -0.25) is 14.6 Å². The van der Waals surface area contributed by atoms with Crippen LogP contribution in [0.1, 0.15) is 15.9 Å². The summed E-state index contributed by atoms with van der Waals surface area (Å²) in [5, 5.41) is 2.80. The fraction of sp³-hybridized carbons (Fsp3) is 0.188. The van der Waals surface area contributed by atoms with Gasteiger partial charge >= 0.3 is 0 Å². The van der Waals surface area contributed by atoms with Crippen molar-refractivity contribution >= 4 is 17.5 Å². The number of carbonyl (C=O) groups is 2. The number of amides is 2. The van der Waals surface area contributed by atoms with Gasteiger partial charge in [0.15, 0.2) is 0 Å². The predicted octanol–water partition coefficient (Wildman–Crippen LogP) is 1.40. The van der Waals surface area contributed by atoms with E-state index in [4.69, 9.17) is 0 Å². The van der Waals surface area contributed by atoms with Crippen LogP contribution in [-0.4, -0.2) is 29.9 Å². The fourth-order valence-corrected chi connectivity index (χ4v) is 2.44. The molecule has 1 aliphatic rings. The Bertz CT molecular complexity index is 670. The molecule has 0 bridgehead atoms. The van der Waals surface area contributed by atoms with E-state index in [1.165, 1.54) is 6.20 Å². The van der Waals surface area contributed by atoms with Gasteiger partial charge in [-0.2, -0.15) is 0 Å². The first kappa shape index (κ1) is 13.3. The molecule has 0 spiro atoms. The number of nitrogens with one attached hydrogen (secondary N) is 1. The third kappa shape index (κ3) is 2.76. The molecule has 1 N–H and O–H groups in total. The first-order valence-electron chi connectivity index (χ1n) is 6.82. The Kier molecular flexibility index (Phi) is 3.64. The Morgan fingerprint density at radius 1 is 1.24 bits per heavy atom. The molecular formula is C16H15N3O2. The Labute approximate surface area is 122 Å². The number of rotatable bonds is 4. The van der Waals surface area contributed by atoms with Crippen molar-refractivity contribution in [3.8, 4) is 0 Å². The normalized spacial score (nSPS) is 13.1. The summed E-state index contributed by atoms with van der Waals surface area (Å²) >= 11 is 0. The predicted molar refractivity (Wildman–Crippen MR) is 79.1 cm³/mol. The molecule has 1 aliphatic heterocycles. The minimum atomic E-state index is -0.178. The van der Waals surface area contributed by atoms with Crippen LogP contribution in [0.15, 0.2) is 48.8 Å². The number of fused-ring (bicyclic) bond motifs is 1. The average Bonchev–Trinajstić information content (AvgIpc) is 2.84. The quantitative estimate of drug-likeness (QED) is 0.921. The molecule has 0 atom stereocenters. The van der Waals surface area contributed by atoms with Gasteiger partial charge in [-0.25, -0.2) is 0 Å². The molecule has 0 unspecified atom stereocenters. The van der Waals surface area contributed by atoms with Crippen LogP contribution in [0.2, 0.25) is 0 Å². The lowest BCUT2D eigenvalue weighted by molar-refractivity contribution is -0.117. The molecule has 0 fully saturated rings. The van der Waals surface area contributed by atoms with E-state index in [-0.39, 0.29) is 11.8 Å². The van der Waals surface area contributed by atoms with Crippen molar-refractivity contribution in [3.63, 3.8) is 0 Å². The second-order valence-corrected chi connectivity index (χ2v) is 4.85. The molecule has 0 radical (unpaired) electrons. The van der Waals surface area contributed by atoms with E-state index in [1.54, 1.807) is 23.2 Å². The van der Waals surface area contributed by atoms with Gasteiger partial charge in [0.2, 0.25) is 5.91 Å². The molecule has 1 aromatic heterocycles. The van der Waals surface area contributed by atoms with E-state index in [1.807, 2.05) is 24.3 Å². The summed E-state index contributed by atoms with van der Waals surface area (Å²) in [5.74, 6) is -0.102. The summed E-state index contributed by atoms with van der Waals surface area (Å²) in [6, 6.07) is 11.2. The van der Waals surface area contributed by atoms with Crippen LogP contribution in [0.3, 0.4) is 0 Å². The molecule has 0 aliphatic carbocycles. The Morgan fingerprint density at radius 3 is 2.90 bits per heavy atom. The summed E-state index contributed by atoms with van der Waals surface area (Å²) in [6.07, 6.45) is 3.58. The van der Waals surface area contributed by atoms with Crippen molar-refractivity contribution in [2.24, 2.45) is 0 Å². The third-order valence-corrected chi connectivity index (χ3v) is 3.47. The molecule has 0 saturated carbocycles. The topological polar surface area (TPSA) is 62.3 Å². The van der Waals surface area contributed by atoms with Crippen molar-refractivity contribution in [1.29, 1.82) is 0 Å². The van der Waals surface area contributed by atoms with Gasteiger partial charge in [-0.15, -0.1) is 0 Å². The van der Waals surface area contributed by atoms with Crippen LogP contribution in [0, 0.1) is 0 Å². The molecule has 2 aromatic rings. The minimum Gasteiger partial charge on any atom is -0.350 e. The van der Waals surface area contributed by atoms with E-state index in [9.17, 15) is 9.59 Å². The largest absolute Gasteiger partial charge is 0.350 e. The maximum atomic E-state index is 12.0. The Morgan fingerprint density at radius 2 is 2.10 bits per heavy atom. The summed E-state index contributed by atoms with van der Waals surface area (Å²) in [7, 11) is 0. The standard InChI is InChI=1S/C16H15N3O2/c20-15-10-12-4-1-2-6-14(12)19(15)9-8-18-16(21)13-5-3-7-17-11-13/h1-7,11H,8-10H2,(H,18,21).